The van der Waals surface area contributed by atoms with Gasteiger partial charge < -0.3 is 0 Å². The second-order valence-electron chi connectivity index (χ2n) is 4.57. The van der Waals surface area contributed by atoms with Gasteiger partial charge in [-0.05, 0) is 36.5 Å². The lowest BCUT2D eigenvalue weighted by Gasteiger charge is -2.31. The van der Waals surface area contributed by atoms with Gasteiger partial charge in [0.1, 0.15) is 5.78 Å². The number of rotatable bonds is 0. The van der Waals surface area contributed by atoms with Gasteiger partial charge in [-0.1, -0.05) is 0 Å². The molecule has 6 atom stereocenters. The van der Waals surface area contributed by atoms with Crippen molar-refractivity contribution in [3.63, 3.8) is 0 Å². The predicted molar refractivity (Wildman–Crippen MR) is 35.2 cm³/mol. The van der Waals surface area contributed by atoms with Gasteiger partial charge in [0.25, 0.3) is 0 Å². The van der Waals surface area contributed by atoms with Crippen LogP contribution in [-0.2, 0) is 4.79 Å². The fourth-order valence-electron chi connectivity index (χ4n) is 4.52. The third-order valence-corrected chi connectivity index (χ3v) is 4.69. The number of carbonyl (C=O) groups is 1. The van der Waals surface area contributed by atoms with Crippen LogP contribution in [0.4, 0.5) is 0 Å². The molecule has 5 aliphatic rings. The van der Waals surface area contributed by atoms with E-state index in [4.69, 9.17) is 0 Å². The summed E-state index contributed by atoms with van der Waals surface area (Å²) in [6.07, 6.45) is 2.71. The van der Waals surface area contributed by atoms with Crippen LogP contribution >= 0.6 is 0 Å². The molecular formula is C9H10O. The van der Waals surface area contributed by atoms with Crippen molar-refractivity contribution in [2.24, 2.45) is 35.5 Å². The van der Waals surface area contributed by atoms with E-state index >= 15 is 0 Å². The van der Waals surface area contributed by atoms with E-state index in [2.05, 4.69) is 0 Å². The van der Waals surface area contributed by atoms with Crippen molar-refractivity contribution in [1.29, 1.82) is 0 Å². The van der Waals surface area contributed by atoms with E-state index in [1.807, 2.05) is 0 Å². The van der Waals surface area contributed by atoms with Crippen LogP contribution in [0, 0.1) is 35.5 Å². The maximum Gasteiger partial charge on any atom is 0.139 e. The van der Waals surface area contributed by atoms with Crippen molar-refractivity contribution in [3.8, 4) is 0 Å². The van der Waals surface area contributed by atoms with Gasteiger partial charge in [0, 0.05) is 11.8 Å². The van der Waals surface area contributed by atoms with Crippen LogP contribution in [0.5, 0.6) is 0 Å². The lowest BCUT2D eigenvalue weighted by molar-refractivity contribution is -0.123. The van der Waals surface area contributed by atoms with Crippen LogP contribution < -0.4 is 0 Å². The zero-order valence-electron chi connectivity index (χ0n) is 5.79. The van der Waals surface area contributed by atoms with Gasteiger partial charge >= 0.3 is 0 Å². The molecule has 1 nitrogen and oxygen atoms in total. The Balaban J connectivity index is 2.05. The van der Waals surface area contributed by atoms with Crippen LogP contribution in [-0.4, -0.2) is 5.78 Å². The molecule has 0 spiro atoms. The van der Waals surface area contributed by atoms with E-state index in [0.29, 0.717) is 17.6 Å². The minimum Gasteiger partial charge on any atom is -0.299 e. The molecule has 0 amide bonds. The minimum atomic E-state index is 0.568. The van der Waals surface area contributed by atoms with Crippen molar-refractivity contribution >= 4 is 5.78 Å². The molecule has 1 heteroatoms. The van der Waals surface area contributed by atoms with Gasteiger partial charge in [-0.15, -0.1) is 0 Å². The molecule has 0 saturated heterocycles. The Bertz CT molecular complexity index is 243. The topological polar surface area (TPSA) is 17.1 Å². The maximum absolute atomic E-state index is 11.4. The molecule has 0 aromatic carbocycles. The molecule has 0 aliphatic heterocycles. The lowest BCUT2D eigenvalue weighted by Crippen LogP contribution is -2.27. The summed E-state index contributed by atoms with van der Waals surface area (Å²) in [5.41, 5.74) is 0. The first-order valence-electron chi connectivity index (χ1n) is 4.41. The Morgan fingerprint density at radius 2 is 2.00 bits per heavy atom. The third kappa shape index (κ3) is 0.217. The fourth-order valence-corrected chi connectivity index (χ4v) is 4.52. The Kier molecular flexibility index (Phi) is 0.449. The van der Waals surface area contributed by atoms with E-state index in [0.717, 1.165) is 23.7 Å². The number of hydrogen-bond acceptors (Lipinski definition) is 1. The van der Waals surface area contributed by atoms with Crippen molar-refractivity contribution in [2.75, 3.05) is 0 Å². The molecule has 0 radical (unpaired) electrons. The summed E-state index contributed by atoms with van der Waals surface area (Å²) in [5, 5.41) is 0. The largest absolute Gasteiger partial charge is 0.299 e. The molecule has 6 bridgehead atoms. The number of ketones is 1. The normalized spacial score (nSPS) is 73.4. The van der Waals surface area contributed by atoms with Gasteiger partial charge in [0.15, 0.2) is 0 Å². The van der Waals surface area contributed by atoms with E-state index in [9.17, 15) is 4.79 Å². The highest BCUT2D eigenvalue weighted by Gasteiger charge is 2.75. The van der Waals surface area contributed by atoms with E-state index in [1.54, 1.807) is 0 Å². The van der Waals surface area contributed by atoms with Crippen LogP contribution in [0.3, 0.4) is 0 Å². The summed E-state index contributed by atoms with van der Waals surface area (Å²) in [4.78, 5) is 11.4. The smallest absolute Gasteiger partial charge is 0.139 e. The van der Waals surface area contributed by atoms with Gasteiger partial charge in [-0.25, -0.2) is 0 Å². The van der Waals surface area contributed by atoms with Crippen LogP contribution in [0.25, 0.3) is 0 Å². The van der Waals surface area contributed by atoms with Gasteiger partial charge in [0.05, 0.1) is 0 Å². The Labute approximate surface area is 59.8 Å². The molecule has 0 aromatic heterocycles. The second kappa shape index (κ2) is 0.992. The van der Waals surface area contributed by atoms with Gasteiger partial charge in [-0.2, -0.15) is 0 Å². The lowest BCUT2D eigenvalue weighted by atomic mass is 9.72. The zero-order valence-corrected chi connectivity index (χ0v) is 5.79. The summed E-state index contributed by atoms with van der Waals surface area (Å²) in [6.45, 7) is 0. The number of Topliss-reactive ketones (excluding diaryl/α,β-unsaturated/α-hetero) is 1. The second-order valence-corrected chi connectivity index (χ2v) is 4.57. The zero-order chi connectivity index (χ0) is 6.46. The molecule has 5 saturated carbocycles. The Morgan fingerprint density at radius 3 is 2.50 bits per heavy atom. The Morgan fingerprint density at radius 1 is 1.10 bits per heavy atom. The molecule has 5 rings (SSSR count). The molecular weight excluding hydrogens is 124 g/mol. The molecule has 5 fully saturated rings. The highest BCUT2D eigenvalue weighted by atomic mass is 16.1. The SMILES string of the molecule is O=C1C2CC3C4CC(C13)C24. The third-order valence-electron chi connectivity index (χ3n) is 4.69. The van der Waals surface area contributed by atoms with Gasteiger partial charge in [-0.3, -0.25) is 4.79 Å². The molecule has 52 valence electrons. The molecule has 0 heterocycles. The van der Waals surface area contributed by atoms with Crippen LogP contribution in [0.2, 0.25) is 0 Å². The van der Waals surface area contributed by atoms with Crippen molar-refractivity contribution < 1.29 is 4.79 Å². The van der Waals surface area contributed by atoms with E-state index in [-0.39, 0.29) is 0 Å². The quantitative estimate of drug-likeness (QED) is 0.484. The first kappa shape index (κ1) is 4.53. The monoisotopic (exact) mass is 134 g/mol. The molecule has 0 N–H and O–H groups in total. The summed E-state index contributed by atoms with van der Waals surface area (Å²) in [7, 11) is 0. The van der Waals surface area contributed by atoms with Crippen LogP contribution in [0.1, 0.15) is 12.8 Å². The minimum absolute atomic E-state index is 0.568. The standard InChI is InChI=1S/C9H10O/c10-9-6-2-4-3-1-5(7(3)6)8(4)9/h3-8H,1-2H2. The number of hydrogen-bond donors (Lipinski definition) is 0. The molecule has 6 unspecified atom stereocenters. The summed E-state index contributed by atoms with van der Waals surface area (Å²) in [5.74, 6) is 5.52. The first-order valence-corrected chi connectivity index (χ1v) is 4.41. The molecule has 0 aromatic rings. The fraction of sp³-hybridized carbons (Fsp3) is 0.889. The van der Waals surface area contributed by atoms with Gasteiger partial charge in [0.2, 0.25) is 0 Å². The highest BCUT2D eigenvalue weighted by Crippen LogP contribution is 2.76. The van der Waals surface area contributed by atoms with Crippen LogP contribution in [0.15, 0.2) is 0 Å². The van der Waals surface area contributed by atoms with Crippen molar-refractivity contribution in [3.05, 3.63) is 0 Å². The summed E-state index contributed by atoms with van der Waals surface area (Å²) in [6, 6.07) is 0. The Hall–Kier alpha value is -0.330. The number of carbonyl (C=O) groups excluding carboxylic acids is 1. The summed E-state index contributed by atoms with van der Waals surface area (Å²) < 4.78 is 0. The maximum atomic E-state index is 11.4. The molecule has 5 aliphatic carbocycles. The summed E-state index contributed by atoms with van der Waals surface area (Å²) >= 11 is 0. The van der Waals surface area contributed by atoms with Crippen molar-refractivity contribution in [2.45, 2.75) is 12.8 Å². The van der Waals surface area contributed by atoms with Crippen molar-refractivity contribution in [1.82, 2.24) is 0 Å². The van der Waals surface area contributed by atoms with E-state index < -0.39 is 0 Å². The average molecular weight is 134 g/mol. The highest BCUT2D eigenvalue weighted by molar-refractivity contribution is 5.91. The average Bonchev–Trinajstić information content (AvgIpc) is 2.47. The first-order chi connectivity index (χ1) is 4.88. The van der Waals surface area contributed by atoms with E-state index in [1.165, 1.54) is 12.8 Å². The molecule has 10 heavy (non-hydrogen) atoms. The predicted octanol–water partition coefficient (Wildman–Crippen LogP) is 1.09.